The number of benzene rings is 1. The van der Waals surface area contributed by atoms with Gasteiger partial charge in [-0.15, -0.1) is 0 Å². The first kappa shape index (κ1) is 13.7. The summed E-state index contributed by atoms with van der Waals surface area (Å²) in [6.07, 6.45) is 6.42. The first-order valence-electron chi connectivity index (χ1n) is 7.77. The van der Waals surface area contributed by atoms with Crippen LogP contribution < -0.4 is 15.2 Å². The molecule has 2 N–H and O–H groups in total. The summed E-state index contributed by atoms with van der Waals surface area (Å²) in [5, 5.41) is 0. The van der Waals surface area contributed by atoms with Crippen LogP contribution in [0.15, 0.2) is 18.2 Å². The van der Waals surface area contributed by atoms with Crippen LogP contribution in [0.25, 0.3) is 0 Å². The molecule has 1 aromatic carbocycles. The predicted molar refractivity (Wildman–Crippen MR) is 80.1 cm³/mol. The van der Waals surface area contributed by atoms with Crippen LogP contribution in [0.2, 0.25) is 0 Å². The SMILES string of the molecule is COc1ccc2c(c1)OC(C1CCC(C)CC1)C[C@@H]2N. The zero-order chi connectivity index (χ0) is 14.1. The first-order valence-corrected chi connectivity index (χ1v) is 7.77. The number of hydrogen-bond donors (Lipinski definition) is 1. The fourth-order valence-corrected chi connectivity index (χ4v) is 3.58. The highest BCUT2D eigenvalue weighted by Crippen LogP contribution is 2.41. The van der Waals surface area contributed by atoms with Gasteiger partial charge >= 0.3 is 0 Å². The Hall–Kier alpha value is -1.22. The van der Waals surface area contributed by atoms with Gasteiger partial charge in [0.05, 0.1) is 7.11 Å². The molecule has 0 saturated heterocycles. The van der Waals surface area contributed by atoms with Gasteiger partial charge in [-0.3, -0.25) is 0 Å². The summed E-state index contributed by atoms with van der Waals surface area (Å²) in [6, 6.07) is 6.07. The summed E-state index contributed by atoms with van der Waals surface area (Å²) in [5.74, 6) is 3.30. The lowest BCUT2D eigenvalue weighted by Gasteiger charge is -2.38. The van der Waals surface area contributed by atoms with Gasteiger partial charge in [0.25, 0.3) is 0 Å². The van der Waals surface area contributed by atoms with Crippen LogP contribution in [-0.4, -0.2) is 13.2 Å². The molecule has 0 aromatic heterocycles. The van der Waals surface area contributed by atoms with E-state index in [0.29, 0.717) is 5.92 Å². The van der Waals surface area contributed by atoms with Gasteiger partial charge in [-0.2, -0.15) is 0 Å². The maximum atomic E-state index is 6.34. The van der Waals surface area contributed by atoms with Crippen molar-refractivity contribution in [2.24, 2.45) is 17.6 Å². The second-order valence-electron chi connectivity index (χ2n) is 6.42. The van der Waals surface area contributed by atoms with Crippen LogP contribution >= 0.6 is 0 Å². The molecule has 1 unspecified atom stereocenters. The molecule has 20 heavy (non-hydrogen) atoms. The Kier molecular flexibility index (Phi) is 3.88. The molecule has 2 aliphatic rings. The zero-order valence-corrected chi connectivity index (χ0v) is 12.5. The summed E-state index contributed by atoms with van der Waals surface area (Å²) in [6.45, 7) is 2.35. The van der Waals surface area contributed by atoms with Gasteiger partial charge in [-0.25, -0.2) is 0 Å². The van der Waals surface area contributed by atoms with Gasteiger partial charge in [-0.1, -0.05) is 25.8 Å². The minimum absolute atomic E-state index is 0.0917. The monoisotopic (exact) mass is 275 g/mol. The van der Waals surface area contributed by atoms with Gasteiger partial charge in [0.2, 0.25) is 0 Å². The highest BCUT2D eigenvalue weighted by molar-refractivity contribution is 5.43. The van der Waals surface area contributed by atoms with Crippen LogP contribution in [0.5, 0.6) is 11.5 Å². The van der Waals surface area contributed by atoms with E-state index in [9.17, 15) is 0 Å². The van der Waals surface area contributed by atoms with Crippen LogP contribution in [0, 0.1) is 11.8 Å². The van der Waals surface area contributed by atoms with Gasteiger partial charge in [0, 0.05) is 24.1 Å². The number of hydrogen-bond acceptors (Lipinski definition) is 3. The zero-order valence-electron chi connectivity index (χ0n) is 12.5. The molecule has 3 nitrogen and oxygen atoms in total. The molecule has 0 amide bonds. The van der Waals surface area contributed by atoms with Crippen molar-refractivity contribution in [3.05, 3.63) is 23.8 Å². The smallest absolute Gasteiger partial charge is 0.128 e. The molecule has 110 valence electrons. The van der Waals surface area contributed by atoms with E-state index in [4.69, 9.17) is 15.2 Å². The second kappa shape index (κ2) is 5.65. The predicted octanol–water partition coefficient (Wildman–Crippen LogP) is 3.67. The number of ether oxygens (including phenoxy) is 2. The van der Waals surface area contributed by atoms with E-state index >= 15 is 0 Å². The molecule has 1 heterocycles. The fourth-order valence-electron chi connectivity index (χ4n) is 3.58. The third-order valence-electron chi connectivity index (χ3n) is 4.97. The van der Waals surface area contributed by atoms with Crippen molar-refractivity contribution in [2.45, 2.75) is 51.2 Å². The Morgan fingerprint density at radius 3 is 2.65 bits per heavy atom. The van der Waals surface area contributed by atoms with E-state index in [1.807, 2.05) is 18.2 Å². The van der Waals surface area contributed by atoms with Crippen LogP contribution in [0.4, 0.5) is 0 Å². The number of nitrogens with two attached hydrogens (primary N) is 1. The molecule has 1 fully saturated rings. The molecular weight excluding hydrogens is 250 g/mol. The van der Waals surface area contributed by atoms with Crippen molar-refractivity contribution in [1.29, 1.82) is 0 Å². The molecule has 1 saturated carbocycles. The summed E-state index contributed by atoms with van der Waals surface area (Å²) < 4.78 is 11.5. The van der Waals surface area contributed by atoms with Gasteiger partial charge < -0.3 is 15.2 Å². The van der Waals surface area contributed by atoms with Crippen molar-refractivity contribution >= 4 is 0 Å². The van der Waals surface area contributed by atoms with Crippen molar-refractivity contribution in [2.75, 3.05) is 7.11 Å². The number of rotatable bonds is 2. The summed E-state index contributed by atoms with van der Waals surface area (Å²) in [5.41, 5.74) is 7.46. The average Bonchev–Trinajstić information content (AvgIpc) is 2.47. The lowest BCUT2D eigenvalue weighted by atomic mass is 9.77. The van der Waals surface area contributed by atoms with Gasteiger partial charge in [0.15, 0.2) is 0 Å². The molecule has 1 aliphatic heterocycles. The fraction of sp³-hybridized carbons (Fsp3) is 0.647. The standard InChI is InChI=1S/C17H25NO2/c1-11-3-5-12(6-4-11)16-10-15(18)14-8-7-13(19-2)9-17(14)20-16/h7-9,11-12,15-16H,3-6,10,18H2,1-2H3/t11?,12?,15-,16?/m0/s1. The minimum Gasteiger partial charge on any atom is -0.497 e. The third-order valence-corrected chi connectivity index (χ3v) is 4.97. The topological polar surface area (TPSA) is 44.5 Å². The molecule has 0 bridgehead atoms. The third kappa shape index (κ3) is 2.64. The van der Waals surface area contributed by atoms with E-state index in [-0.39, 0.29) is 12.1 Å². The lowest BCUT2D eigenvalue weighted by Crippen LogP contribution is -2.36. The maximum Gasteiger partial charge on any atom is 0.128 e. The molecule has 2 atom stereocenters. The summed E-state index contributed by atoms with van der Waals surface area (Å²) >= 11 is 0. The van der Waals surface area contributed by atoms with E-state index < -0.39 is 0 Å². The quantitative estimate of drug-likeness (QED) is 0.895. The van der Waals surface area contributed by atoms with Crippen LogP contribution in [0.1, 0.15) is 50.6 Å². The number of methoxy groups -OCH3 is 1. The van der Waals surface area contributed by atoms with Crippen LogP contribution in [0.3, 0.4) is 0 Å². The van der Waals surface area contributed by atoms with Crippen molar-refractivity contribution in [3.8, 4) is 11.5 Å². The lowest BCUT2D eigenvalue weighted by molar-refractivity contribution is 0.0700. The van der Waals surface area contributed by atoms with E-state index in [2.05, 4.69) is 6.92 Å². The largest absolute Gasteiger partial charge is 0.497 e. The van der Waals surface area contributed by atoms with Crippen molar-refractivity contribution in [3.63, 3.8) is 0 Å². The highest BCUT2D eigenvalue weighted by atomic mass is 16.5. The van der Waals surface area contributed by atoms with Crippen molar-refractivity contribution < 1.29 is 9.47 Å². The average molecular weight is 275 g/mol. The molecular formula is C17H25NO2. The Bertz CT molecular complexity index is 466. The molecule has 0 spiro atoms. The second-order valence-corrected chi connectivity index (χ2v) is 6.42. The summed E-state index contributed by atoms with van der Waals surface area (Å²) in [7, 11) is 1.69. The van der Waals surface area contributed by atoms with E-state index in [0.717, 1.165) is 29.4 Å². The molecule has 0 radical (unpaired) electrons. The minimum atomic E-state index is 0.0917. The Balaban J connectivity index is 1.77. The molecule has 1 aliphatic carbocycles. The number of fused-ring (bicyclic) bond motifs is 1. The maximum absolute atomic E-state index is 6.34. The van der Waals surface area contributed by atoms with Crippen LogP contribution in [-0.2, 0) is 0 Å². The van der Waals surface area contributed by atoms with Gasteiger partial charge in [-0.05, 0) is 30.7 Å². The van der Waals surface area contributed by atoms with E-state index in [1.54, 1.807) is 7.11 Å². The molecule has 3 heteroatoms. The Morgan fingerprint density at radius 1 is 1.20 bits per heavy atom. The van der Waals surface area contributed by atoms with E-state index in [1.165, 1.54) is 25.7 Å². The Morgan fingerprint density at radius 2 is 1.95 bits per heavy atom. The summed E-state index contributed by atoms with van der Waals surface area (Å²) in [4.78, 5) is 0. The first-order chi connectivity index (χ1) is 9.67. The molecule has 1 aromatic rings. The van der Waals surface area contributed by atoms with Gasteiger partial charge in [0.1, 0.15) is 17.6 Å². The van der Waals surface area contributed by atoms with Crippen molar-refractivity contribution in [1.82, 2.24) is 0 Å². The Labute approximate surface area is 121 Å². The normalized spacial score (nSPS) is 33.1. The highest BCUT2D eigenvalue weighted by Gasteiger charge is 2.33. The molecule has 3 rings (SSSR count).